The van der Waals surface area contributed by atoms with E-state index in [0.29, 0.717) is 52.4 Å². The molecular formula is C113H67N9O3. The number of furan rings is 3. The molecule has 0 aliphatic rings. The van der Waals surface area contributed by atoms with Gasteiger partial charge < -0.3 is 13.3 Å². The number of para-hydroxylation sites is 3. The molecule has 0 fully saturated rings. The second kappa shape index (κ2) is 30.0. The lowest BCUT2D eigenvalue weighted by Gasteiger charge is -2.11. The predicted molar refractivity (Wildman–Crippen MR) is 510 cm³/mol. The topological polar surface area (TPSA) is 155 Å². The van der Waals surface area contributed by atoms with E-state index in [1.807, 2.05) is 158 Å². The van der Waals surface area contributed by atoms with Crippen LogP contribution in [0.3, 0.4) is 0 Å². The molecule has 0 aliphatic carbocycles. The van der Waals surface area contributed by atoms with Crippen LogP contribution in [0, 0.1) is 0 Å². The van der Waals surface area contributed by atoms with Crippen molar-refractivity contribution in [3.63, 3.8) is 0 Å². The van der Waals surface area contributed by atoms with Crippen molar-refractivity contribution in [2.24, 2.45) is 0 Å². The number of benzene rings is 20. The Hall–Kier alpha value is -17.1. The quantitative estimate of drug-likeness (QED) is 0.126. The van der Waals surface area contributed by atoms with Crippen LogP contribution in [0.1, 0.15) is 0 Å². The molecule has 12 nitrogen and oxygen atoms in total. The van der Waals surface area contributed by atoms with E-state index >= 15 is 0 Å². The van der Waals surface area contributed by atoms with Crippen LogP contribution in [0.25, 0.3) is 254 Å². The Morgan fingerprint density at radius 1 is 0.128 bits per heavy atom. The van der Waals surface area contributed by atoms with Gasteiger partial charge in [-0.3, -0.25) is 0 Å². The van der Waals surface area contributed by atoms with Gasteiger partial charge in [0.15, 0.2) is 52.4 Å². The van der Waals surface area contributed by atoms with Crippen molar-refractivity contribution in [3.05, 3.63) is 406 Å². The third-order valence-electron chi connectivity index (χ3n) is 23.9. The fourth-order valence-electron chi connectivity index (χ4n) is 17.9. The smallest absolute Gasteiger partial charge is 0.164 e. The van der Waals surface area contributed by atoms with E-state index in [-0.39, 0.29) is 0 Å². The van der Waals surface area contributed by atoms with Gasteiger partial charge in [0.25, 0.3) is 0 Å². The zero-order valence-corrected chi connectivity index (χ0v) is 66.9. The summed E-state index contributed by atoms with van der Waals surface area (Å²) in [4.78, 5) is 44.6. The van der Waals surface area contributed by atoms with E-state index in [1.54, 1.807) is 0 Å². The van der Waals surface area contributed by atoms with Crippen molar-refractivity contribution in [3.8, 4) is 102 Å². The summed E-state index contributed by atoms with van der Waals surface area (Å²) >= 11 is 0. The third-order valence-corrected chi connectivity index (χ3v) is 23.9. The molecule has 0 N–H and O–H groups in total. The van der Waals surface area contributed by atoms with Crippen molar-refractivity contribution in [1.82, 2.24) is 44.9 Å². The summed E-state index contributed by atoms with van der Waals surface area (Å²) in [5.74, 6) is 5.87. The predicted octanol–water partition coefficient (Wildman–Crippen LogP) is 29.5. The van der Waals surface area contributed by atoms with Crippen LogP contribution < -0.4 is 0 Å². The molecule has 0 radical (unpaired) electrons. The fourth-order valence-corrected chi connectivity index (χ4v) is 17.9. The largest absolute Gasteiger partial charge is 0.456 e. The van der Waals surface area contributed by atoms with Crippen molar-refractivity contribution < 1.29 is 13.3 Å². The zero-order valence-electron chi connectivity index (χ0n) is 66.9. The van der Waals surface area contributed by atoms with Crippen LogP contribution in [-0.2, 0) is 0 Å². The standard InChI is InChI=1S/2C39H23N3O.C35H21N3O/c1-2-10-26(11-3-1)37-40-38(42-39(41-37)31-15-8-12-24-9-4-5-13-29(24)31)28-19-21-30-27(23-28)18-17-25-20-22-34-36(35(25)30)32-14-6-7-16-33(32)43-34;1-2-9-26(10-3-1)37-40-38(29-17-14-24-8-4-5-11-27(24)22-29)42-39(41-37)30-18-20-31-28(23-30)16-15-25-19-21-34-36(35(25)31)32-12-6-7-13-33(32)43-34;1-3-9-23(10-4-1)33-36-34(24-11-5-2-6-12-24)38-35(37-33)26-17-19-27-25(21-26)16-15-22-18-20-30-32(31(22)27)28-13-7-8-14-29(28)39-30/h2*1-23H;1-21H. The monoisotopic (exact) mass is 1600 g/mol. The summed E-state index contributed by atoms with van der Waals surface area (Å²) in [6.45, 7) is 0. The minimum Gasteiger partial charge on any atom is -0.456 e. The zero-order chi connectivity index (χ0) is 82.4. The molecular weight excluding hydrogens is 1530 g/mol. The van der Waals surface area contributed by atoms with Gasteiger partial charge in [-0.2, -0.15) is 0 Å². The average molecular weight is 1600 g/mol. The molecule has 0 bridgehead atoms. The van der Waals surface area contributed by atoms with Crippen LogP contribution in [0.15, 0.2) is 420 Å². The van der Waals surface area contributed by atoms with E-state index in [0.717, 1.165) is 148 Å². The van der Waals surface area contributed by atoms with Gasteiger partial charge in [0.2, 0.25) is 0 Å². The SMILES string of the molecule is c1ccc(-c2nc(-c3ccc4c(ccc5ccc6oc7ccccc7c6c54)c3)nc(-c3cccc4ccccc34)n2)cc1.c1ccc(-c2nc(-c3ccc4ccccc4c3)nc(-c3ccc4c(ccc5ccc6oc7ccccc7c6c54)c3)n2)cc1.c1ccc(-c2nc(-c3ccccc3)nc(-c3ccc4c(ccc5ccc6oc7ccccc7c6c54)c3)n2)cc1. The molecule has 125 heavy (non-hydrogen) atoms. The van der Waals surface area contributed by atoms with E-state index in [9.17, 15) is 0 Å². The highest BCUT2D eigenvalue weighted by atomic mass is 16.3. The maximum absolute atomic E-state index is 6.22. The van der Waals surface area contributed by atoms with E-state index in [4.69, 9.17) is 58.1 Å². The van der Waals surface area contributed by atoms with Gasteiger partial charge in [0, 0.05) is 98.5 Å². The molecule has 0 saturated heterocycles. The summed E-state index contributed by atoms with van der Waals surface area (Å²) in [5.41, 5.74) is 14.0. The van der Waals surface area contributed by atoms with Gasteiger partial charge in [0.1, 0.15) is 33.5 Å². The Morgan fingerprint density at radius 2 is 0.384 bits per heavy atom. The second-order valence-electron chi connectivity index (χ2n) is 31.4. The number of aromatic nitrogens is 9. The lowest BCUT2D eigenvalue weighted by Crippen LogP contribution is -2.00. The van der Waals surface area contributed by atoms with Gasteiger partial charge in [-0.25, -0.2) is 44.9 Å². The fraction of sp³-hybridized carbons (Fsp3) is 0. The van der Waals surface area contributed by atoms with E-state index < -0.39 is 0 Å². The molecule has 6 heterocycles. The van der Waals surface area contributed by atoms with Crippen LogP contribution in [0.4, 0.5) is 0 Å². The first-order chi connectivity index (χ1) is 61.9. The minimum absolute atomic E-state index is 0.644. The van der Waals surface area contributed by atoms with Crippen molar-refractivity contribution in [2.45, 2.75) is 0 Å². The highest BCUT2D eigenvalue weighted by Gasteiger charge is 2.22. The Labute approximate surface area is 714 Å². The maximum Gasteiger partial charge on any atom is 0.164 e. The number of rotatable bonds is 9. The van der Waals surface area contributed by atoms with Crippen LogP contribution >= 0.6 is 0 Å². The number of nitrogens with zero attached hydrogens (tertiary/aromatic N) is 9. The Balaban J connectivity index is 0.000000105. The third kappa shape index (κ3) is 12.9. The van der Waals surface area contributed by atoms with Crippen LogP contribution in [0.5, 0.6) is 0 Å². The molecule has 0 unspecified atom stereocenters. The van der Waals surface area contributed by atoms with Crippen LogP contribution in [-0.4, -0.2) is 44.9 Å². The molecule has 0 atom stereocenters. The number of hydrogen-bond acceptors (Lipinski definition) is 12. The molecule has 6 aromatic heterocycles. The van der Waals surface area contributed by atoms with Gasteiger partial charge in [-0.1, -0.05) is 346 Å². The summed E-state index contributed by atoms with van der Waals surface area (Å²) in [7, 11) is 0. The first-order valence-corrected chi connectivity index (χ1v) is 41.7. The van der Waals surface area contributed by atoms with Gasteiger partial charge in [-0.15, -0.1) is 0 Å². The molecule has 582 valence electrons. The lowest BCUT2D eigenvalue weighted by molar-refractivity contribution is 0.669. The van der Waals surface area contributed by atoms with Gasteiger partial charge >= 0.3 is 0 Å². The first kappa shape index (κ1) is 72.0. The highest BCUT2D eigenvalue weighted by Crippen LogP contribution is 2.45. The summed E-state index contributed by atoms with van der Waals surface area (Å²) < 4.78 is 18.6. The van der Waals surface area contributed by atoms with Gasteiger partial charge in [0.05, 0.1) is 0 Å². The first-order valence-electron chi connectivity index (χ1n) is 41.7. The molecule has 26 aromatic rings. The molecule has 12 heteroatoms. The van der Waals surface area contributed by atoms with Crippen LogP contribution in [0.2, 0.25) is 0 Å². The maximum atomic E-state index is 6.22. The Bertz CT molecular complexity index is 8750. The molecule has 20 aromatic carbocycles. The minimum atomic E-state index is 0.644. The van der Waals surface area contributed by atoms with Gasteiger partial charge in [-0.05, 0) is 131 Å². The van der Waals surface area contributed by atoms with Crippen molar-refractivity contribution in [2.75, 3.05) is 0 Å². The number of fused-ring (bicyclic) bond motifs is 23. The molecule has 0 aliphatic heterocycles. The number of hydrogen-bond donors (Lipinski definition) is 0. The highest BCUT2D eigenvalue weighted by molar-refractivity contribution is 6.29. The van der Waals surface area contributed by atoms with Crippen molar-refractivity contribution >= 4 is 152 Å². The molecule has 26 rings (SSSR count). The molecule has 0 amide bonds. The summed E-state index contributed by atoms with van der Waals surface area (Å²) in [6.07, 6.45) is 0. The average Bonchev–Trinajstić information content (AvgIpc) is 1.63. The summed E-state index contributed by atoms with van der Waals surface area (Å²) in [5, 5.41) is 25.5. The van der Waals surface area contributed by atoms with E-state index in [1.165, 1.54) is 53.9 Å². The second-order valence-corrected chi connectivity index (χ2v) is 31.4. The molecule has 0 spiro atoms. The molecule has 0 saturated carbocycles. The van der Waals surface area contributed by atoms with E-state index in [2.05, 4.69) is 249 Å². The summed E-state index contributed by atoms with van der Waals surface area (Å²) in [6, 6.07) is 140. The lowest BCUT2D eigenvalue weighted by atomic mass is 9.96. The Morgan fingerprint density at radius 3 is 0.752 bits per heavy atom. The normalized spacial score (nSPS) is 11.7. The Kier molecular flexibility index (Phi) is 17.3. The van der Waals surface area contributed by atoms with Crippen molar-refractivity contribution in [1.29, 1.82) is 0 Å².